The first-order valence-corrected chi connectivity index (χ1v) is 6.85. The van der Waals surface area contributed by atoms with Crippen LogP contribution in [0.25, 0.3) is 0 Å². The number of rotatable bonds is 4. The molecule has 94 valence electrons. The van der Waals surface area contributed by atoms with Crippen molar-refractivity contribution in [2.24, 2.45) is 5.73 Å². The second kappa shape index (κ2) is 4.70. The third-order valence-corrected chi connectivity index (χ3v) is 4.16. The lowest BCUT2D eigenvalue weighted by Gasteiger charge is -2.07. The van der Waals surface area contributed by atoms with Crippen LogP contribution in [0.15, 0.2) is 28.3 Å². The Morgan fingerprint density at radius 2 is 2.28 bits per heavy atom. The van der Waals surface area contributed by atoms with Crippen LogP contribution >= 0.6 is 11.8 Å². The minimum atomic E-state index is 0.506. The molecule has 1 saturated carbocycles. The van der Waals surface area contributed by atoms with Gasteiger partial charge in [0.25, 0.3) is 0 Å². The number of aromatic nitrogens is 4. The third-order valence-electron chi connectivity index (χ3n) is 3.03. The minimum Gasteiger partial charge on any atom is -0.326 e. The fraction of sp³-hybridized carbons (Fsp3) is 0.417. The van der Waals surface area contributed by atoms with Crippen LogP contribution in [0, 0.1) is 6.92 Å². The number of tetrazole rings is 1. The van der Waals surface area contributed by atoms with Crippen LogP contribution in [0.1, 0.15) is 30.0 Å². The van der Waals surface area contributed by atoms with Crippen molar-refractivity contribution in [2.45, 2.75) is 42.4 Å². The lowest BCUT2D eigenvalue weighted by molar-refractivity contribution is 0.565. The standard InChI is InChI=1S/C12H15N5S/c1-8-6-9(7-13)2-5-11(8)18-12-14-15-16-17(12)10-3-4-10/h2,5-6,10H,3-4,7,13H2,1H3. The van der Waals surface area contributed by atoms with Gasteiger partial charge >= 0.3 is 0 Å². The van der Waals surface area contributed by atoms with E-state index in [2.05, 4.69) is 40.6 Å². The molecule has 1 aliphatic carbocycles. The van der Waals surface area contributed by atoms with E-state index >= 15 is 0 Å². The average molecular weight is 261 g/mol. The van der Waals surface area contributed by atoms with Gasteiger partial charge in [-0.1, -0.05) is 12.1 Å². The van der Waals surface area contributed by atoms with E-state index < -0.39 is 0 Å². The summed E-state index contributed by atoms with van der Waals surface area (Å²) in [5, 5.41) is 12.8. The highest BCUT2D eigenvalue weighted by molar-refractivity contribution is 7.99. The van der Waals surface area contributed by atoms with Crippen LogP contribution in [-0.4, -0.2) is 20.2 Å². The van der Waals surface area contributed by atoms with Crippen molar-refractivity contribution in [2.75, 3.05) is 0 Å². The fourth-order valence-electron chi connectivity index (χ4n) is 1.85. The molecule has 3 rings (SSSR count). The van der Waals surface area contributed by atoms with Crippen LogP contribution in [-0.2, 0) is 6.54 Å². The number of benzene rings is 1. The smallest absolute Gasteiger partial charge is 0.214 e. The van der Waals surface area contributed by atoms with Crippen LogP contribution in [0.3, 0.4) is 0 Å². The molecule has 0 aliphatic heterocycles. The molecule has 5 nitrogen and oxygen atoms in total. The molecule has 1 aromatic heterocycles. The van der Waals surface area contributed by atoms with E-state index in [1.807, 2.05) is 4.68 Å². The van der Waals surface area contributed by atoms with Gasteiger partial charge in [-0.05, 0) is 59.1 Å². The topological polar surface area (TPSA) is 69.6 Å². The molecular formula is C12H15N5S. The van der Waals surface area contributed by atoms with Crippen molar-refractivity contribution in [3.63, 3.8) is 0 Å². The molecule has 0 bridgehead atoms. The average Bonchev–Trinajstić information content (AvgIpc) is 3.12. The van der Waals surface area contributed by atoms with Crippen molar-refractivity contribution in [3.8, 4) is 0 Å². The second-order valence-corrected chi connectivity index (χ2v) is 5.55. The minimum absolute atomic E-state index is 0.506. The van der Waals surface area contributed by atoms with Gasteiger partial charge in [-0.25, -0.2) is 4.68 Å². The predicted molar refractivity (Wildman–Crippen MR) is 69.3 cm³/mol. The maximum atomic E-state index is 5.63. The van der Waals surface area contributed by atoms with E-state index in [1.165, 1.54) is 23.3 Å². The summed E-state index contributed by atoms with van der Waals surface area (Å²) in [5.74, 6) is 0. The zero-order valence-corrected chi connectivity index (χ0v) is 11.0. The number of aryl methyl sites for hydroxylation is 1. The van der Waals surface area contributed by atoms with Gasteiger partial charge in [0.05, 0.1) is 6.04 Å². The molecule has 1 aromatic carbocycles. The molecule has 1 fully saturated rings. The highest BCUT2D eigenvalue weighted by Crippen LogP contribution is 2.38. The van der Waals surface area contributed by atoms with E-state index in [4.69, 9.17) is 5.73 Å². The van der Waals surface area contributed by atoms with Gasteiger partial charge in [0.15, 0.2) is 0 Å². The number of nitrogens with two attached hydrogens (primary N) is 1. The fourth-order valence-corrected chi connectivity index (χ4v) is 2.76. The number of nitrogens with zero attached hydrogens (tertiary/aromatic N) is 4. The third kappa shape index (κ3) is 2.26. The summed E-state index contributed by atoms with van der Waals surface area (Å²) in [4.78, 5) is 1.18. The van der Waals surface area contributed by atoms with E-state index in [-0.39, 0.29) is 0 Å². The normalized spacial score (nSPS) is 15.0. The Bertz CT molecular complexity index is 561. The van der Waals surface area contributed by atoms with Crippen LogP contribution < -0.4 is 5.73 Å². The Labute approximate surface area is 110 Å². The Hall–Kier alpha value is -1.40. The second-order valence-electron chi connectivity index (χ2n) is 4.54. The lowest BCUT2D eigenvalue weighted by Crippen LogP contribution is -1.99. The summed E-state index contributed by atoms with van der Waals surface area (Å²) in [6.45, 7) is 2.67. The van der Waals surface area contributed by atoms with Gasteiger partial charge in [0.2, 0.25) is 5.16 Å². The monoisotopic (exact) mass is 261 g/mol. The molecule has 0 amide bonds. The Morgan fingerprint density at radius 1 is 1.44 bits per heavy atom. The zero-order valence-electron chi connectivity index (χ0n) is 10.2. The first kappa shape index (κ1) is 11.7. The molecule has 0 radical (unpaired) electrons. The first-order valence-electron chi connectivity index (χ1n) is 6.03. The quantitative estimate of drug-likeness (QED) is 0.910. The van der Waals surface area contributed by atoms with Crippen molar-refractivity contribution in [1.82, 2.24) is 20.2 Å². The van der Waals surface area contributed by atoms with Gasteiger partial charge in [0.1, 0.15) is 0 Å². The van der Waals surface area contributed by atoms with Gasteiger partial charge in [0, 0.05) is 11.4 Å². The van der Waals surface area contributed by atoms with Crippen molar-refractivity contribution < 1.29 is 0 Å². The van der Waals surface area contributed by atoms with Gasteiger partial charge < -0.3 is 5.73 Å². The summed E-state index contributed by atoms with van der Waals surface area (Å²) >= 11 is 1.62. The first-order chi connectivity index (χ1) is 8.78. The van der Waals surface area contributed by atoms with Crippen molar-refractivity contribution in [1.29, 1.82) is 0 Å². The molecule has 0 saturated heterocycles. The summed E-state index contributed by atoms with van der Waals surface area (Å²) in [5.41, 5.74) is 8.00. The van der Waals surface area contributed by atoms with E-state index in [0.29, 0.717) is 12.6 Å². The van der Waals surface area contributed by atoms with Gasteiger partial charge in [-0.3, -0.25) is 0 Å². The zero-order chi connectivity index (χ0) is 12.5. The SMILES string of the molecule is Cc1cc(CN)ccc1Sc1nnnn1C1CC1. The summed E-state index contributed by atoms with van der Waals surface area (Å²) < 4.78 is 1.93. The molecule has 2 N–H and O–H groups in total. The molecule has 1 heterocycles. The molecule has 6 heteroatoms. The molecule has 0 spiro atoms. The Kier molecular flexibility index (Phi) is 3.05. The molecule has 0 atom stereocenters. The Morgan fingerprint density at radius 3 is 2.94 bits per heavy atom. The Balaban J connectivity index is 1.85. The molecule has 1 aliphatic rings. The van der Waals surface area contributed by atoms with E-state index in [0.717, 1.165) is 10.7 Å². The van der Waals surface area contributed by atoms with Crippen molar-refractivity contribution >= 4 is 11.8 Å². The van der Waals surface area contributed by atoms with Gasteiger partial charge in [-0.15, -0.1) is 5.10 Å². The molecular weight excluding hydrogens is 246 g/mol. The number of hydrogen-bond donors (Lipinski definition) is 1. The maximum Gasteiger partial charge on any atom is 0.214 e. The maximum absolute atomic E-state index is 5.63. The van der Waals surface area contributed by atoms with Gasteiger partial charge in [-0.2, -0.15) is 0 Å². The lowest BCUT2D eigenvalue weighted by atomic mass is 10.1. The summed E-state index contributed by atoms with van der Waals surface area (Å²) in [6.07, 6.45) is 2.37. The molecule has 2 aromatic rings. The highest BCUT2D eigenvalue weighted by Gasteiger charge is 2.28. The summed E-state index contributed by atoms with van der Waals surface area (Å²) in [6, 6.07) is 6.77. The van der Waals surface area contributed by atoms with Crippen LogP contribution in [0.2, 0.25) is 0 Å². The molecule has 18 heavy (non-hydrogen) atoms. The predicted octanol–water partition coefficient (Wildman–Crippen LogP) is 1.93. The van der Waals surface area contributed by atoms with Crippen LogP contribution in [0.5, 0.6) is 0 Å². The largest absolute Gasteiger partial charge is 0.326 e. The van der Waals surface area contributed by atoms with Crippen molar-refractivity contribution in [3.05, 3.63) is 29.3 Å². The van der Waals surface area contributed by atoms with E-state index in [9.17, 15) is 0 Å². The summed E-state index contributed by atoms with van der Waals surface area (Å²) in [7, 11) is 0. The van der Waals surface area contributed by atoms with Crippen LogP contribution in [0.4, 0.5) is 0 Å². The number of hydrogen-bond acceptors (Lipinski definition) is 5. The highest BCUT2D eigenvalue weighted by atomic mass is 32.2. The molecule has 0 unspecified atom stereocenters. The van der Waals surface area contributed by atoms with E-state index in [1.54, 1.807) is 11.8 Å².